The van der Waals surface area contributed by atoms with E-state index in [9.17, 15) is 4.39 Å². The van der Waals surface area contributed by atoms with Gasteiger partial charge in [0.25, 0.3) is 0 Å². The number of aryl methyl sites for hydroxylation is 1. The van der Waals surface area contributed by atoms with E-state index < -0.39 is 0 Å². The van der Waals surface area contributed by atoms with E-state index in [0.717, 1.165) is 11.3 Å². The highest BCUT2D eigenvalue weighted by molar-refractivity contribution is 7.80. The smallest absolute Gasteiger partial charge is 0.173 e. The Labute approximate surface area is 124 Å². The van der Waals surface area contributed by atoms with Crippen molar-refractivity contribution < 1.29 is 4.39 Å². The lowest BCUT2D eigenvalue weighted by molar-refractivity contribution is 0.507. The molecule has 0 aliphatic carbocycles. The Hall–Kier alpha value is -1.94. The summed E-state index contributed by atoms with van der Waals surface area (Å²) in [5.74, 6) is -0.225. The van der Waals surface area contributed by atoms with Crippen LogP contribution in [-0.4, -0.2) is 17.1 Å². The molecular formula is C16H17FN2S. The number of hydrogen-bond donors (Lipinski definition) is 1. The molecular weight excluding hydrogens is 271 g/mol. The fourth-order valence-corrected chi connectivity index (χ4v) is 1.97. The van der Waals surface area contributed by atoms with E-state index in [0.29, 0.717) is 11.7 Å². The van der Waals surface area contributed by atoms with E-state index in [1.54, 1.807) is 12.1 Å². The van der Waals surface area contributed by atoms with Crippen LogP contribution < -0.4 is 5.32 Å². The monoisotopic (exact) mass is 288 g/mol. The summed E-state index contributed by atoms with van der Waals surface area (Å²) < 4.78 is 12.9. The van der Waals surface area contributed by atoms with Gasteiger partial charge in [0.2, 0.25) is 0 Å². The first-order chi connectivity index (χ1) is 9.54. The zero-order valence-corrected chi connectivity index (χ0v) is 12.4. The van der Waals surface area contributed by atoms with Crippen molar-refractivity contribution in [2.75, 3.05) is 12.4 Å². The van der Waals surface area contributed by atoms with Crippen molar-refractivity contribution in [1.29, 1.82) is 0 Å². The standard InChI is InChI=1S/C16H17FN2S/c1-12-3-9-15(10-4-12)18-16(20)19(2)11-13-5-7-14(17)8-6-13/h3-10H,11H2,1-2H3,(H,18,20). The first kappa shape index (κ1) is 14.5. The van der Waals surface area contributed by atoms with Crippen LogP contribution in [0, 0.1) is 12.7 Å². The van der Waals surface area contributed by atoms with E-state index in [1.807, 2.05) is 43.1 Å². The van der Waals surface area contributed by atoms with E-state index >= 15 is 0 Å². The maximum atomic E-state index is 12.9. The third kappa shape index (κ3) is 4.03. The summed E-state index contributed by atoms with van der Waals surface area (Å²) in [4.78, 5) is 1.92. The van der Waals surface area contributed by atoms with Crippen LogP contribution in [0.4, 0.5) is 10.1 Å². The molecule has 0 aliphatic rings. The molecule has 104 valence electrons. The Kier molecular flexibility index (Phi) is 4.69. The zero-order valence-electron chi connectivity index (χ0n) is 11.6. The maximum Gasteiger partial charge on any atom is 0.173 e. The number of nitrogens with zero attached hydrogens (tertiary/aromatic N) is 1. The van der Waals surface area contributed by atoms with E-state index in [1.165, 1.54) is 17.7 Å². The molecule has 0 saturated carbocycles. The van der Waals surface area contributed by atoms with Crippen LogP contribution in [0.25, 0.3) is 0 Å². The Bertz CT molecular complexity index is 578. The van der Waals surface area contributed by atoms with Crippen LogP contribution in [0.15, 0.2) is 48.5 Å². The van der Waals surface area contributed by atoms with Gasteiger partial charge in [0.05, 0.1) is 0 Å². The molecule has 20 heavy (non-hydrogen) atoms. The van der Waals surface area contributed by atoms with E-state index in [-0.39, 0.29) is 5.82 Å². The normalized spacial score (nSPS) is 10.2. The Balaban J connectivity index is 1.94. The van der Waals surface area contributed by atoms with Gasteiger partial charge < -0.3 is 10.2 Å². The number of rotatable bonds is 3. The van der Waals surface area contributed by atoms with Crippen molar-refractivity contribution in [2.45, 2.75) is 13.5 Å². The number of benzene rings is 2. The second kappa shape index (κ2) is 6.48. The Morgan fingerprint density at radius 2 is 1.70 bits per heavy atom. The van der Waals surface area contributed by atoms with Crippen LogP contribution in [0.1, 0.15) is 11.1 Å². The van der Waals surface area contributed by atoms with Gasteiger partial charge in [-0.15, -0.1) is 0 Å². The van der Waals surface area contributed by atoms with Gasteiger partial charge in [0, 0.05) is 19.3 Å². The van der Waals surface area contributed by atoms with Gasteiger partial charge >= 0.3 is 0 Å². The molecule has 0 bridgehead atoms. The van der Waals surface area contributed by atoms with Gasteiger partial charge in [-0.2, -0.15) is 0 Å². The second-order valence-corrected chi connectivity index (χ2v) is 5.17. The van der Waals surface area contributed by atoms with Crippen molar-refractivity contribution in [3.05, 3.63) is 65.5 Å². The molecule has 0 saturated heterocycles. The van der Waals surface area contributed by atoms with Crippen molar-refractivity contribution in [3.63, 3.8) is 0 Å². The molecule has 2 aromatic carbocycles. The average molecular weight is 288 g/mol. The summed E-state index contributed by atoms with van der Waals surface area (Å²) in [5.41, 5.74) is 3.19. The molecule has 0 atom stereocenters. The van der Waals surface area contributed by atoms with Gasteiger partial charge in [0.1, 0.15) is 5.82 Å². The third-order valence-electron chi connectivity index (χ3n) is 2.98. The van der Waals surface area contributed by atoms with E-state index in [4.69, 9.17) is 12.2 Å². The predicted octanol–water partition coefficient (Wildman–Crippen LogP) is 3.96. The van der Waals surface area contributed by atoms with Crippen LogP contribution in [-0.2, 0) is 6.54 Å². The quantitative estimate of drug-likeness (QED) is 0.861. The molecule has 0 unspecified atom stereocenters. The Morgan fingerprint density at radius 3 is 2.30 bits per heavy atom. The predicted molar refractivity (Wildman–Crippen MR) is 85.3 cm³/mol. The average Bonchev–Trinajstić information content (AvgIpc) is 2.44. The van der Waals surface area contributed by atoms with Crippen LogP contribution in [0.3, 0.4) is 0 Å². The van der Waals surface area contributed by atoms with Gasteiger partial charge in [-0.05, 0) is 49.0 Å². The number of nitrogens with one attached hydrogen (secondary N) is 1. The molecule has 4 heteroatoms. The van der Waals surface area contributed by atoms with Crippen LogP contribution in [0.2, 0.25) is 0 Å². The molecule has 2 rings (SSSR count). The highest BCUT2D eigenvalue weighted by Gasteiger charge is 2.05. The topological polar surface area (TPSA) is 15.3 Å². The molecule has 0 heterocycles. The lowest BCUT2D eigenvalue weighted by atomic mass is 10.2. The summed E-state index contributed by atoms with van der Waals surface area (Å²) in [6, 6.07) is 14.5. The van der Waals surface area contributed by atoms with Crippen molar-refractivity contribution in [2.24, 2.45) is 0 Å². The molecule has 1 N–H and O–H groups in total. The summed E-state index contributed by atoms with van der Waals surface area (Å²) >= 11 is 5.36. The highest BCUT2D eigenvalue weighted by atomic mass is 32.1. The molecule has 0 aromatic heterocycles. The molecule has 0 amide bonds. The molecule has 2 nitrogen and oxygen atoms in total. The second-order valence-electron chi connectivity index (χ2n) is 4.78. The molecule has 0 fully saturated rings. The van der Waals surface area contributed by atoms with Crippen molar-refractivity contribution >= 4 is 23.0 Å². The largest absolute Gasteiger partial charge is 0.348 e. The fourth-order valence-electron chi connectivity index (χ4n) is 1.79. The lowest BCUT2D eigenvalue weighted by Crippen LogP contribution is -2.30. The van der Waals surface area contributed by atoms with Crippen molar-refractivity contribution in [3.8, 4) is 0 Å². The molecule has 0 radical (unpaired) electrons. The lowest BCUT2D eigenvalue weighted by Gasteiger charge is -2.21. The highest BCUT2D eigenvalue weighted by Crippen LogP contribution is 2.11. The van der Waals surface area contributed by atoms with Crippen LogP contribution in [0.5, 0.6) is 0 Å². The molecule has 2 aromatic rings. The third-order valence-corrected chi connectivity index (χ3v) is 3.40. The summed E-state index contributed by atoms with van der Waals surface area (Å²) in [6.45, 7) is 2.68. The zero-order chi connectivity index (χ0) is 14.5. The summed E-state index contributed by atoms with van der Waals surface area (Å²) in [7, 11) is 1.91. The minimum Gasteiger partial charge on any atom is -0.348 e. The summed E-state index contributed by atoms with van der Waals surface area (Å²) in [6.07, 6.45) is 0. The Morgan fingerprint density at radius 1 is 1.10 bits per heavy atom. The SMILES string of the molecule is Cc1ccc(NC(=S)N(C)Cc2ccc(F)cc2)cc1. The first-order valence-electron chi connectivity index (χ1n) is 6.38. The van der Waals surface area contributed by atoms with Gasteiger partial charge in [-0.1, -0.05) is 29.8 Å². The first-order valence-corrected chi connectivity index (χ1v) is 6.78. The summed E-state index contributed by atoms with van der Waals surface area (Å²) in [5, 5.41) is 3.82. The molecule has 0 spiro atoms. The number of hydrogen-bond acceptors (Lipinski definition) is 1. The van der Waals surface area contributed by atoms with E-state index in [2.05, 4.69) is 5.32 Å². The minimum absolute atomic E-state index is 0.225. The van der Waals surface area contributed by atoms with Crippen molar-refractivity contribution in [1.82, 2.24) is 4.90 Å². The van der Waals surface area contributed by atoms with Crippen LogP contribution >= 0.6 is 12.2 Å². The fraction of sp³-hybridized carbons (Fsp3) is 0.188. The van der Waals surface area contributed by atoms with Gasteiger partial charge in [-0.25, -0.2) is 4.39 Å². The maximum absolute atomic E-state index is 12.9. The number of halogens is 1. The number of anilines is 1. The molecule has 0 aliphatic heterocycles. The van der Waals surface area contributed by atoms with Gasteiger partial charge in [-0.3, -0.25) is 0 Å². The van der Waals surface area contributed by atoms with Gasteiger partial charge in [0.15, 0.2) is 5.11 Å². The minimum atomic E-state index is -0.225. The number of thiocarbonyl (C=S) groups is 1.